The highest BCUT2D eigenvalue weighted by molar-refractivity contribution is 9.09. The third kappa shape index (κ3) is 3.89. The minimum atomic E-state index is -0.348. The second-order valence-electron chi connectivity index (χ2n) is 4.10. The van der Waals surface area contributed by atoms with E-state index in [0.717, 1.165) is 5.56 Å². The van der Waals surface area contributed by atoms with Gasteiger partial charge in [0.15, 0.2) is 0 Å². The second kappa shape index (κ2) is 6.48. The Morgan fingerprint density at radius 1 is 1.11 bits per heavy atom. The van der Waals surface area contributed by atoms with Gasteiger partial charge in [0, 0.05) is 12.1 Å². The van der Waals surface area contributed by atoms with E-state index in [1.807, 2.05) is 30.3 Å². The Bertz CT molecular complexity index is 542. The van der Waals surface area contributed by atoms with Crippen molar-refractivity contribution in [2.45, 2.75) is 4.83 Å². The number of carbonyl (C=O) groups is 1. The van der Waals surface area contributed by atoms with Crippen LogP contribution in [-0.2, 0) is 0 Å². The van der Waals surface area contributed by atoms with E-state index in [1.165, 1.54) is 24.3 Å². The predicted molar refractivity (Wildman–Crippen MR) is 76.8 cm³/mol. The maximum atomic E-state index is 12.7. The van der Waals surface area contributed by atoms with Gasteiger partial charge in [0.05, 0.1) is 4.83 Å². The molecule has 1 N–H and O–H groups in total. The van der Waals surface area contributed by atoms with Crippen molar-refractivity contribution in [2.24, 2.45) is 0 Å². The van der Waals surface area contributed by atoms with E-state index >= 15 is 0 Å². The van der Waals surface area contributed by atoms with Gasteiger partial charge in [0.1, 0.15) is 5.82 Å². The normalized spacial score (nSPS) is 11.9. The lowest BCUT2D eigenvalue weighted by Crippen LogP contribution is -2.26. The third-order valence-electron chi connectivity index (χ3n) is 2.71. The summed E-state index contributed by atoms with van der Waals surface area (Å²) in [4.78, 5) is 11.9. The Labute approximate surface area is 119 Å². The highest BCUT2D eigenvalue weighted by Gasteiger charge is 2.10. The molecule has 1 atom stereocenters. The van der Waals surface area contributed by atoms with Crippen molar-refractivity contribution >= 4 is 21.8 Å². The van der Waals surface area contributed by atoms with Crippen LogP contribution < -0.4 is 5.32 Å². The molecule has 19 heavy (non-hydrogen) atoms. The van der Waals surface area contributed by atoms with E-state index in [-0.39, 0.29) is 16.6 Å². The number of amides is 1. The number of hydrogen-bond donors (Lipinski definition) is 1. The molecule has 98 valence electrons. The summed E-state index contributed by atoms with van der Waals surface area (Å²) in [6.07, 6.45) is 0. The standard InChI is InChI=1S/C15H13BrFNO/c16-14(11-4-2-1-3-5-11)10-18-15(19)12-6-8-13(17)9-7-12/h1-9,14H,10H2,(H,18,19). The Morgan fingerprint density at radius 3 is 2.37 bits per heavy atom. The average Bonchev–Trinajstić information content (AvgIpc) is 2.46. The van der Waals surface area contributed by atoms with E-state index < -0.39 is 0 Å². The largest absolute Gasteiger partial charge is 0.351 e. The highest BCUT2D eigenvalue weighted by atomic mass is 79.9. The molecule has 0 aliphatic heterocycles. The number of benzene rings is 2. The molecule has 0 aromatic heterocycles. The van der Waals surface area contributed by atoms with Gasteiger partial charge in [-0.05, 0) is 29.8 Å². The molecule has 1 unspecified atom stereocenters. The van der Waals surface area contributed by atoms with Gasteiger partial charge in [-0.25, -0.2) is 4.39 Å². The first-order valence-corrected chi connectivity index (χ1v) is 6.81. The first-order chi connectivity index (χ1) is 9.16. The Kier molecular flexibility index (Phi) is 4.68. The fourth-order valence-corrected chi connectivity index (χ4v) is 2.13. The number of rotatable bonds is 4. The van der Waals surface area contributed by atoms with Crippen LogP contribution in [0.15, 0.2) is 54.6 Å². The smallest absolute Gasteiger partial charge is 0.251 e. The lowest BCUT2D eigenvalue weighted by Gasteiger charge is -2.11. The maximum absolute atomic E-state index is 12.7. The molecule has 0 radical (unpaired) electrons. The topological polar surface area (TPSA) is 29.1 Å². The Balaban J connectivity index is 1.92. The lowest BCUT2D eigenvalue weighted by atomic mass is 10.1. The van der Waals surface area contributed by atoms with Crippen molar-refractivity contribution in [1.29, 1.82) is 0 Å². The summed E-state index contributed by atoms with van der Waals surface area (Å²) >= 11 is 3.52. The zero-order chi connectivity index (χ0) is 13.7. The number of carbonyl (C=O) groups excluding carboxylic acids is 1. The molecule has 2 aromatic carbocycles. The Morgan fingerprint density at radius 2 is 1.74 bits per heavy atom. The van der Waals surface area contributed by atoms with Crippen LogP contribution in [0.2, 0.25) is 0 Å². The molecule has 0 saturated heterocycles. The summed E-state index contributed by atoms with van der Waals surface area (Å²) in [6, 6.07) is 15.3. The first kappa shape index (κ1) is 13.7. The van der Waals surface area contributed by atoms with Crippen LogP contribution >= 0.6 is 15.9 Å². The molecule has 0 aliphatic rings. The van der Waals surface area contributed by atoms with Crippen LogP contribution in [0.5, 0.6) is 0 Å². The molecule has 0 saturated carbocycles. The van der Waals surface area contributed by atoms with Gasteiger partial charge in [0.2, 0.25) is 0 Å². The molecule has 2 nitrogen and oxygen atoms in total. The molecular formula is C15H13BrFNO. The summed E-state index contributed by atoms with van der Waals surface area (Å²) in [5.41, 5.74) is 1.55. The van der Waals surface area contributed by atoms with E-state index in [9.17, 15) is 9.18 Å². The number of hydrogen-bond acceptors (Lipinski definition) is 1. The summed E-state index contributed by atoms with van der Waals surface area (Å²) in [5.74, 6) is -0.556. The molecular weight excluding hydrogens is 309 g/mol. The fourth-order valence-electron chi connectivity index (χ4n) is 1.67. The molecule has 0 spiro atoms. The van der Waals surface area contributed by atoms with Crippen LogP contribution in [0.4, 0.5) is 4.39 Å². The second-order valence-corrected chi connectivity index (χ2v) is 5.20. The number of nitrogens with one attached hydrogen (secondary N) is 1. The summed E-state index contributed by atoms with van der Waals surface area (Å²) in [5, 5.41) is 2.81. The quantitative estimate of drug-likeness (QED) is 0.855. The molecule has 0 fully saturated rings. The van der Waals surface area contributed by atoms with Crippen LogP contribution in [0.3, 0.4) is 0 Å². The van der Waals surface area contributed by atoms with Crippen molar-refractivity contribution in [3.8, 4) is 0 Å². The Hall–Kier alpha value is -1.68. The molecule has 4 heteroatoms. The van der Waals surface area contributed by atoms with E-state index in [0.29, 0.717) is 12.1 Å². The van der Waals surface area contributed by atoms with Gasteiger partial charge in [-0.1, -0.05) is 46.3 Å². The fraction of sp³-hybridized carbons (Fsp3) is 0.133. The van der Waals surface area contributed by atoms with Crippen molar-refractivity contribution in [3.63, 3.8) is 0 Å². The van der Waals surface area contributed by atoms with Gasteiger partial charge in [0.25, 0.3) is 5.91 Å². The minimum absolute atomic E-state index is 0.0538. The van der Waals surface area contributed by atoms with E-state index in [1.54, 1.807) is 0 Å². The minimum Gasteiger partial charge on any atom is -0.351 e. The van der Waals surface area contributed by atoms with Crippen molar-refractivity contribution in [1.82, 2.24) is 5.32 Å². The molecule has 2 aromatic rings. The van der Waals surface area contributed by atoms with Crippen molar-refractivity contribution in [3.05, 3.63) is 71.5 Å². The van der Waals surface area contributed by atoms with Gasteiger partial charge in [-0.15, -0.1) is 0 Å². The SMILES string of the molecule is O=C(NCC(Br)c1ccccc1)c1ccc(F)cc1. The third-order valence-corrected chi connectivity index (χ3v) is 3.56. The predicted octanol–water partition coefficient (Wildman–Crippen LogP) is 3.69. The van der Waals surface area contributed by atoms with Gasteiger partial charge in [-0.3, -0.25) is 4.79 Å². The van der Waals surface area contributed by atoms with Crippen molar-refractivity contribution in [2.75, 3.05) is 6.54 Å². The van der Waals surface area contributed by atoms with E-state index in [2.05, 4.69) is 21.2 Å². The molecule has 0 heterocycles. The maximum Gasteiger partial charge on any atom is 0.251 e. The van der Waals surface area contributed by atoms with Gasteiger partial charge >= 0.3 is 0 Å². The molecule has 0 aliphatic carbocycles. The number of alkyl halides is 1. The zero-order valence-electron chi connectivity index (χ0n) is 10.1. The van der Waals surface area contributed by atoms with Crippen molar-refractivity contribution < 1.29 is 9.18 Å². The summed E-state index contributed by atoms with van der Waals surface area (Å²) in [6.45, 7) is 0.472. The highest BCUT2D eigenvalue weighted by Crippen LogP contribution is 2.21. The summed E-state index contributed by atoms with van der Waals surface area (Å²) in [7, 11) is 0. The van der Waals surface area contributed by atoms with Crippen LogP contribution in [0.25, 0.3) is 0 Å². The zero-order valence-corrected chi connectivity index (χ0v) is 11.7. The molecule has 2 rings (SSSR count). The van der Waals surface area contributed by atoms with Crippen LogP contribution in [-0.4, -0.2) is 12.5 Å². The van der Waals surface area contributed by atoms with Crippen LogP contribution in [0.1, 0.15) is 20.7 Å². The van der Waals surface area contributed by atoms with Gasteiger partial charge in [-0.2, -0.15) is 0 Å². The molecule has 0 bridgehead atoms. The molecule has 1 amide bonds. The van der Waals surface area contributed by atoms with Gasteiger partial charge < -0.3 is 5.32 Å². The average molecular weight is 322 g/mol. The lowest BCUT2D eigenvalue weighted by molar-refractivity contribution is 0.0954. The summed E-state index contributed by atoms with van der Waals surface area (Å²) < 4.78 is 12.7. The first-order valence-electron chi connectivity index (χ1n) is 5.89. The number of halogens is 2. The van der Waals surface area contributed by atoms with Crippen LogP contribution in [0, 0.1) is 5.82 Å². The monoisotopic (exact) mass is 321 g/mol. The van der Waals surface area contributed by atoms with E-state index in [4.69, 9.17) is 0 Å².